The highest BCUT2D eigenvalue weighted by molar-refractivity contribution is 5.88. The second-order valence-corrected chi connectivity index (χ2v) is 6.56. The molecule has 1 aromatic heterocycles. The predicted molar refractivity (Wildman–Crippen MR) is 90.6 cm³/mol. The van der Waals surface area contributed by atoms with Crippen molar-refractivity contribution in [3.63, 3.8) is 0 Å². The van der Waals surface area contributed by atoms with Crippen LogP contribution in [0.2, 0.25) is 0 Å². The van der Waals surface area contributed by atoms with Gasteiger partial charge in [0.15, 0.2) is 0 Å². The van der Waals surface area contributed by atoms with Crippen LogP contribution in [0.1, 0.15) is 26.0 Å². The first kappa shape index (κ1) is 17.7. The average Bonchev–Trinajstić information content (AvgIpc) is 2.81. The zero-order chi connectivity index (χ0) is 16.8. The molecule has 0 spiro atoms. The van der Waals surface area contributed by atoms with E-state index in [2.05, 4.69) is 34.5 Å². The number of morpholine rings is 1. The quantitative estimate of drug-likeness (QED) is 0.834. The molecule has 1 aliphatic rings. The predicted octanol–water partition coefficient (Wildman–Crippen LogP) is 1.60. The summed E-state index contributed by atoms with van der Waals surface area (Å²) in [5, 5.41) is 10.1. The Kier molecular flexibility index (Phi) is 6.41. The van der Waals surface area contributed by atoms with Gasteiger partial charge in [-0.3, -0.25) is 14.9 Å². The second-order valence-electron chi connectivity index (χ2n) is 6.56. The number of carbonyl (C=O) groups is 1. The number of carbonyl (C=O) groups excluding carboxylic acids is 1. The molecule has 1 atom stereocenters. The second kappa shape index (κ2) is 8.31. The van der Waals surface area contributed by atoms with Crippen molar-refractivity contribution in [1.82, 2.24) is 20.0 Å². The van der Waals surface area contributed by atoms with Crippen molar-refractivity contribution in [3.05, 3.63) is 11.8 Å². The number of ether oxygens (including phenoxy) is 1. The van der Waals surface area contributed by atoms with Gasteiger partial charge in [-0.05, 0) is 19.3 Å². The van der Waals surface area contributed by atoms with Crippen LogP contribution in [0.5, 0.6) is 0 Å². The highest BCUT2D eigenvalue weighted by Gasteiger charge is 2.22. The molecular weight excluding hydrogens is 294 g/mol. The van der Waals surface area contributed by atoms with Crippen molar-refractivity contribution in [2.45, 2.75) is 33.2 Å². The summed E-state index contributed by atoms with van der Waals surface area (Å²) in [6.45, 7) is 10.4. The minimum Gasteiger partial charge on any atom is -0.379 e. The van der Waals surface area contributed by atoms with Crippen LogP contribution in [0.4, 0.5) is 10.6 Å². The molecule has 7 nitrogen and oxygen atoms in total. The highest BCUT2D eigenvalue weighted by atomic mass is 16.5. The Labute approximate surface area is 138 Å². The smallest absolute Gasteiger partial charge is 0.320 e. The van der Waals surface area contributed by atoms with Crippen molar-refractivity contribution in [2.75, 3.05) is 38.2 Å². The van der Waals surface area contributed by atoms with E-state index in [-0.39, 0.29) is 6.03 Å². The first-order valence-electron chi connectivity index (χ1n) is 8.33. The summed E-state index contributed by atoms with van der Waals surface area (Å²) in [4.78, 5) is 14.6. The van der Waals surface area contributed by atoms with E-state index < -0.39 is 0 Å². The van der Waals surface area contributed by atoms with Crippen LogP contribution in [0.25, 0.3) is 0 Å². The van der Waals surface area contributed by atoms with Crippen LogP contribution in [-0.2, 0) is 11.8 Å². The van der Waals surface area contributed by atoms with E-state index >= 15 is 0 Å². The molecule has 0 radical (unpaired) electrons. The first-order valence-corrected chi connectivity index (χ1v) is 8.33. The largest absolute Gasteiger partial charge is 0.379 e. The van der Waals surface area contributed by atoms with Gasteiger partial charge in [-0.15, -0.1) is 0 Å². The minimum absolute atomic E-state index is 0.185. The van der Waals surface area contributed by atoms with E-state index in [1.165, 1.54) is 0 Å². The summed E-state index contributed by atoms with van der Waals surface area (Å²) >= 11 is 0. The number of hydrogen-bond acceptors (Lipinski definition) is 4. The van der Waals surface area contributed by atoms with Crippen LogP contribution in [0.15, 0.2) is 6.07 Å². The number of rotatable bonds is 6. The Morgan fingerprint density at radius 3 is 2.65 bits per heavy atom. The molecule has 2 heterocycles. The number of amides is 2. The van der Waals surface area contributed by atoms with E-state index in [0.29, 0.717) is 24.3 Å². The van der Waals surface area contributed by atoms with Gasteiger partial charge in [-0.25, -0.2) is 4.79 Å². The number of nitrogens with zero attached hydrogens (tertiary/aromatic N) is 3. The Hall–Kier alpha value is -1.60. The normalized spacial score (nSPS) is 17.3. The van der Waals surface area contributed by atoms with Gasteiger partial charge in [0.25, 0.3) is 0 Å². The molecule has 1 fully saturated rings. The van der Waals surface area contributed by atoms with Crippen molar-refractivity contribution in [3.8, 4) is 0 Å². The van der Waals surface area contributed by atoms with E-state index in [1.807, 2.05) is 20.0 Å². The molecule has 23 heavy (non-hydrogen) atoms. The summed E-state index contributed by atoms with van der Waals surface area (Å²) < 4.78 is 7.09. The molecule has 0 unspecified atom stereocenters. The topological polar surface area (TPSA) is 71.4 Å². The van der Waals surface area contributed by atoms with Crippen LogP contribution in [0.3, 0.4) is 0 Å². The Morgan fingerprint density at radius 1 is 1.39 bits per heavy atom. The number of aryl methyl sites for hydroxylation is 2. The van der Waals surface area contributed by atoms with Gasteiger partial charge >= 0.3 is 6.03 Å². The van der Waals surface area contributed by atoms with Crippen LogP contribution in [-0.4, -0.2) is 59.6 Å². The van der Waals surface area contributed by atoms with Gasteiger partial charge in [0, 0.05) is 38.8 Å². The minimum atomic E-state index is -0.185. The molecule has 1 saturated heterocycles. The SMILES string of the molecule is Cc1cc(NC(=O)NC[C@H](CC(C)C)N2CCOCC2)n(C)n1. The van der Waals surface area contributed by atoms with Crippen molar-refractivity contribution in [1.29, 1.82) is 0 Å². The molecule has 0 aliphatic carbocycles. The summed E-state index contributed by atoms with van der Waals surface area (Å²) in [6.07, 6.45) is 1.06. The summed E-state index contributed by atoms with van der Waals surface area (Å²) in [5.41, 5.74) is 0.883. The van der Waals surface area contributed by atoms with Gasteiger partial charge in [0.1, 0.15) is 5.82 Å². The maximum absolute atomic E-state index is 12.1. The maximum atomic E-state index is 12.1. The zero-order valence-electron chi connectivity index (χ0n) is 14.6. The third-order valence-corrected chi connectivity index (χ3v) is 4.05. The molecular formula is C16H29N5O2. The molecule has 130 valence electrons. The van der Waals surface area contributed by atoms with Crippen molar-refractivity contribution < 1.29 is 9.53 Å². The average molecular weight is 323 g/mol. The van der Waals surface area contributed by atoms with Crippen LogP contribution >= 0.6 is 0 Å². The number of nitrogens with one attached hydrogen (secondary N) is 2. The fourth-order valence-electron chi connectivity index (χ4n) is 2.95. The summed E-state index contributed by atoms with van der Waals surface area (Å²) in [6, 6.07) is 2.01. The van der Waals surface area contributed by atoms with Crippen LogP contribution < -0.4 is 10.6 Å². The van der Waals surface area contributed by atoms with Crippen molar-refractivity contribution >= 4 is 11.8 Å². The lowest BCUT2D eigenvalue weighted by Gasteiger charge is -2.35. The molecule has 2 amide bonds. The number of hydrogen-bond donors (Lipinski definition) is 2. The van der Waals surface area contributed by atoms with Crippen molar-refractivity contribution in [2.24, 2.45) is 13.0 Å². The molecule has 0 saturated carbocycles. The summed E-state index contributed by atoms with van der Waals surface area (Å²) in [7, 11) is 1.82. The van der Waals surface area contributed by atoms with Crippen LogP contribution in [0, 0.1) is 12.8 Å². The lowest BCUT2D eigenvalue weighted by molar-refractivity contribution is 0.0130. The van der Waals surface area contributed by atoms with Gasteiger partial charge in [-0.2, -0.15) is 5.10 Å². The Balaban J connectivity index is 1.86. The van der Waals surface area contributed by atoms with Gasteiger partial charge in [0.2, 0.25) is 0 Å². The fourth-order valence-corrected chi connectivity index (χ4v) is 2.95. The Morgan fingerprint density at radius 2 is 2.09 bits per heavy atom. The third kappa shape index (κ3) is 5.51. The zero-order valence-corrected chi connectivity index (χ0v) is 14.6. The number of aromatic nitrogens is 2. The maximum Gasteiger partial charge on any atom is 0.320 e. The highest BCUT2D eigenvalue weighted by Crippen LogP contribution is 2.13. The first-order chi connectivity index (χ1) is 11.0. The Bertz CT molecular complexity index is 509. The van der Waals surface area contributed by atoms with E-state index in [1.54, 1.807) is 4.68 Å². The lowest BCUT2D eigenvalue weighted by Crippen LogP contribution is -2.49. The fraction of sp³-hybridized carbons (Fsp3) is 0.750. The molecule has 0 aromatic carbocycles. The molecule has 2 N–H and O–H groups in total. The van der Waals surface area contributed by atoms with Gasteiger partial charge < -0.3 is 10.1 Å². The standard InChI is InChI=1S/C16H29N5O2/c1-12(2)9-14(21-5-7-23-8-6-21)11-17-16(22)18-15-10-13(3)19-20(15)4/h10,12,14H,5-9,11H2,1-4H3,(H2,17,18,22)/t14-/m0/s1. The molecule has 1 aromatic rings. The molecule has 7 heteroatoms. The van der Waals surface area contributed by atoms with Gasteiger partial charge in [-0.1, -0.05) is 13.8 Å². The molecule has 0 bridgehead atoms. The lowest BCUT2D eigenvalue weighted by atomic mass is 10.0. The van der Waals surface area contributed by atoms with Gasteiger partial charge in [0.05, 0.1) is 18.9 Å². The third-order valence-electron chi connectivity index (χ3n) is 4.05. The van der Waals surface area contributed by atoms with E-state index in [4.69, 9.17) is 4.74 Å². The number of urea groups is 1. The number of anilines is 1. The van der Waals surface area contributed by atoms with E-state index in [9.17, 15) is 4.79 Å². The van der Waals surface area contributed by atoms with E-state index in [0.717, 1.165) is 38.4 Å². The summed E-state index contributed by atoms with van der Waals surface area (Å²) in [5.74, 6) is 1.29. The molecule has 1 aliphatic heterocycles. The monoisotopic (exact) mass is 323 g/mol. The molecule has 2 rings (SSSR count).